The number of rotatable bonds is 11. The third-order valence-corrected chi connectivity index (χ3v) is 4.51. The fourth-order valence-corrected chi connectivity index (χ4v) is 3.08. The molecule has 4 nitrogen and oxygen atoms in total. The van der Waals surface area contributed by atoms with Gasteiger partial charge in [0.1, 0.15) is 11.5 Å². The molecule has 2 aromatic rings. The van der Waals surface area contributed by atoms with E-state index in [0.29, 0.717) is 0 Å². The molecule has 2 atom stereocenters. The molecule has 0 saturated carbocycles. The van der Waals surface area contributed by atoms with Crippen LogP contribution in [0.1, 0.15) is 49.9 Å². The van der Waals surface area contributed by atoms with Gasteiger partial charge in [-0.05, 0) is 61.3 Å². The molecule has 0 fully saturated rings. The lowest BCUT2D eigenvalue weighted by Crippen LogP contribution is -2.36. The molecular weight excluding hydrogens is 360 g/mol. The number of ether oxygens (including phenoxy) is 2. The predicted molar refractivity (Wildman–Crippen MR) is 115 cm³/mol. The topological polar surface area (TPSA) is 42.5 Å². The van der Waals surface area contributed by atoms with E-state index in [1.54, 1.807) is 14.2 Å². The van der Waals surface area contributed by atoms with Gasteiger partial charge in [0.25, 0.3) is 0 Å². The molecule has 0 aliphatic rings. The molecular formula is C22H33ClN2O2. The SMILES string of the molecule is CCCNC(c1ccc(OC)cc1)C(NCCC)c1ccc(OC)cc1.Cl. The molecule has 150 valence electrons. The van der Waals surface area contributed by atoms with Gasteiger partial charge in [-0.15, -0.1) is 12.4 Å². The summed E-state index contributed by atoms with van der Waals surface area (Å²) in [5.41, 5.74) is 2.51. The Morgan fingerprint density at radius 1 is 0.667 bits per heavy atom. The first-order valence-corrected chi connectivity index (χ1v) is 9.48. The van der Waals surface area contributed by atoms with Crippen LogP contribution in [0.15, 0.2) is 48.5 Å². The van der Waals surface area contributed by atoms with Gasteiger partial charge in [0, 0.05) is 0 Å². The van der Waals surface area contributed by atoms with E-state index in [0.717, 1.165) is 37.4 Å². The maximum atomic E-state index is 5.32. The molecule has 0 aliphatic carbocycles. The summed E-state index contributed by atoms with van der Waals surface area (Å²) in [5.74, 6) is 1.76. The third-order valence-electron chi connectivity index (χ3n) is 4.51. The number of nitrogens with one attached hydrogen (secondary N) is 2. The van der Waals surface area contributed by atoms with Gasteiger partial charge >= 0.3 is 0 Å². The smallest absolute Gasteiger partial charge is 0.118 e. The quantitative estimate of drug-likeness (QED) is 0.570. The van der Waals surface area contributed by atoms with Gasteiger partial charge in [-0.1, -0.05) is 38.1 Å². The molecule has 2 unspecified atom stereocenters. The van der Waals surface area contributed by atoms with Gasteiger partial charge in [-0.3, -0.25) is 0 Å². The average Bonchev–Trinajstić information content (AvgIpc) is 2.71. The van der Waals surface area contributed by atoms with Crippen LogP contribution in [0.2, 0.25) is 0 Å². The Morgan fingerprint density at radius 2 is 1.00 bits per heavy atom. The Bertz CT molecular complexity index is 574. The van der Waals surface area contributed by atoms with E-state index in [1.807, 2.05) is 24.3 Å². The normalized spacial score (nSPS) is 12.7. The lowest BCUT2D eigenvalue weighted by atomic mass is 9.92. The van der Waals surface area contributed by atoms with Crippen LogP contribution in [0.4, 0.5) is 0 Å². The van der Waals surface area contributed by atoms with E-state index in [-0.39, 0.29) is 24.5 Å². The van der Waals surface area contributed by atoms with Gasteiger partial charge in [-0.2, -0.15) is 0 Å². The maximum Gasteiger partial charge on any atom is 0.118 e. The molecule has 2 N–H and O–H groups in total. The Kier molecular flexibility index (Phi) is 10.9. The third kappa shape index (κ3) is 6.73. The zero-order valence-electron chi connectivity index (χ0n) is 16.8. The van der Waals surface area contributed by atoms with Gasteiger partial charge in [0.15, 0.2) is 0 Å². The van der Waals surface area contributed by atoms with Gasteiger partial charge in [0.2, 0.25) is 0 Å². The minimum Gasteiger partial charge on any atom is -0.497 e. The van der Waals surface area contributed by atoms with Crippen molar-refractivity contribution in [3.8, 4) is 11.5 Å². The summed E-state index contributed by atoms with van der Waals surface area (Å²) in [6.07, 6.45) is 2.19. The zero-order chi connectivity index (χ0) is 18.8. The van der Waals surface area contributed by atoms with Crippen LogP contribution in [0.3, 0.4) is 0 Å². The highest BCUT2D eigenvalue weighted by atomic mass is 35.5. The molecule has 0 saturated heterocycles. The molecule has 27 heavy (non-hydrogen) atoms. The number of methoxy groups -OCH3 is 2. The zero-order valence-corrected chi connectivity index (χ0v) is 17.6. The second kappa shape index (κ2) is 12.6. The van der Waals surface area contributed by atoms with Gasteiger partial charge in [0.05, 0.1) is 26.3 Å². The van der Waals surface area contributed by atoms with Gasteiger partial charge < -0.3 is 20.1 Å². The fraction of sp³-hybridized carbons (Fsp3) is 0.455. The van der Waals surface area contributed by atoms with E-state index in [9.17, 15) is 0 Å². The summed E-state index contributed by atoms with van der Waals surface area (Å²) >= 11 is 0. The molecule has 0 spiro atoms. The van der Waals surface area contributed by atoms with Crippen molar-refractivity contribution in [3.05, 3.63) is 59.7 Å². The van der Waals surface area contributed by atoms with E-state index in [4.69, 9.17) is 9.47 Å². The largest absolute Gasteiger partial charge is 0.497 e. The van der Waals surface area contributed by atoms with Crippen LogP contribution in [0.25, 0.3) is 0 Å². The highest BCUT2D eigenvalue weighted by molar-refractivity contribution is 5.85. The minimum atomic E-state index is 0. The van der Waals surface area contributed by atoms with E-state index in [2.05, 4.69) is 48.7 Å². The predicted octanol–water partition coefficient (Wildman–Crippen LogP) is 4.91. The first-order chi connectivity index (χ1) is 12.7. The Hall–Kier alpha value is -1.75. The van der Waals surface area contributed by atoms with E-state index >= 15 is 0 Å². The molecule has 0 bridgehead atoms. The number of hydrogen-bond donors (Lipinski definition) is 2. The molecule has 0 heterocycles. The number of benzene rings is 2. The van der Waals surface area contributed by atoms with Crippen molar-refractivity contribution in [1.82, 2.24) is 10.6 Å². The van der Waals surface area contributed by atoms with Crippen LogP contribution in [0, 0.1) is 0 Å². The van der Waals surface area contributed by atoms with E-state index in [1.165, 1.54) is 11.1 Å². The highest BCUT2D eigenvalue weighted by Crippen LogP contribution is 2.31. The van der Waals surface area contributed by atoms with Crippen LogP contribution in [-0.2, 0) is 0 Å². The first kappa shape index (κ1) is 23.3. The minimum absolute atomic E-state index is 0. The summed E-state index contributed by atoms with van der Waals surface area (Å²) < 4.78 is 10.6. The van der Waals surface area contributed by atoms with Crippen molar-refractivity contribution in [3.63, 3.8) is 0 Å². The highest BCUT2D eigenvalue weighted by Gasteiger charge is 2.24. The van der Waals surface area contributed by atoms with Crippen molar-refractivity contribution in [2.75, 3.05) is 27.3 Å². The lowest BCUT2D eigenvalue weighted by Gasteiger charge is -2.30. The molecule has 0 amide bonds. The molecule has 2 rings (SSSR count). The fourth-order valence-electron chi connectivity index (χ4n) is 3.08. The average molecular weight is 393 g/mol. The van der Waals surface area contributed by atoms with Crippen molar-refractivity contribution in [2.45, 2.75) is 38.8 Å². The van der Waals surface area contributed by atoms with Crippen LogP contribution in [-0.4, -0.2) is 27.3 Å². The first-order valence-electron chi connectivity index (χ1n) is 9.48. The van der Waals surface area contributed by atoms with E-state index < -0.39 is 0 Å². The molecule has 0 radical (unpaired) electrons. The molecule has 0 aromatic heterocycles. The summed E-state index contributed by atoms with van der Waals surface area (Å²) in [6, 6.07) is 17.1. The number of hydrogen-bond acceptors (Lipinski definition) is 4. The van der Waals surface area contributed by atoms with Crippen molar-refractivity contribution in [2.24, 2.45) is 0 Å². The van der Waals surface area contributed by atoms with Crippen molar-refractivity contribution >= 4 is 12.4 Å². The van der Waals surface area contributed by atoms with Crippen LogP contribution < -0.4 is 20.1 Å². The molecule has 2 aromatic carbocycles. The Morgan fingerprint density at radius 3 is 1.26 bits per heavy atom. The summed E-state index contributed by atoms with van der Waals surface area (Å²) in [6.45, 7) is 6.33. The second-order valence-corrected chi connectivity index (χ2v) is 6.41. The monoisotopic (exact) mass is 392 g/mol. The van der Waals surface area contributed by atoms with Crippen LogP contribution >= 0.6 is 12.4 Å². The second-order valence-electron chi connectivity index (χ2n) is 6.41. The maximum absolute atomic E-state index is 5.32. The lowest BCUT2D eigenvalue weighted by molar-refractivity contribution is 0.382. The molecule has 0 aliphatic heterocycles. The summed E-state index contributed by atoms with van der Waals surface area (Å²) in [5, 5.41) is 7.45. The standard InChI is InChI=1S/C22H32N2O2.ClH/c1-5-15-23-21(17-7-11-19(25-3)12-8-17)22(24-16-6-2)18-9-13-20(26-4)14-10-18;/h7-14,21-24H,5-6,15-16H2,1-4H3;1H. The van der Waals surface area contributed by atoms with Crippen molar-refractivity contribution in [1.29, 1.82) is 0 Å². The molecule has 5 heteroatoms. The number of halogens is 1. The Balaban J connectivity index is 0.00000364. The van der Waals surface area contributed by atoms with Crippen molar-refractivity contribution < 1.29 is 9.47 Å². The Labute approximate surface area is 170 Å². The van der Waals surface area contributed by atoms with Gasteiger partial charge in [-0.25, -0.2) is 0 Å². The summed E-state index contributed by atoms with van der Waals surface area (Å²) in [7, 11) is 3.40. The summed E-state index contributed by atoms with van der Waals surface area (Å²) in [4.78, 5) is 0. The van der Waals surface area contributed by atoms with Crippen LogP contribution in [0.5, 0.6) is 11.5 Å².